The van der Waals surface area contributed by atoms with Gasteiger partial charge in [0.2, 0.25) is 5.91 Å². The van der Waals surface area contributed by atoms with Crippen molar-refractivity contribution in [2.75, 3.05) is 39.3 Å². The molecule has 0 bridgehead atoms. The summed E-state index contributed by atoms with van der Waals surface area (Å²) in [5.74, 6) is 0.495. The number of ether oxygens (including phenoxy) is 2. The summed E-state index contributed by atoms with van der Waals surface area (Å²) >= 11 is 0. The summed E-state index contributed by atoms with van der Waals surface area (Å²) in [4.78, 5) is 44.3. The van der Waals surface area contributed by atoms with E-state index in [4.69, 9.17) is 9.47 Å². The summed E-state index contributed by atoms with van der Waals surface area (Å²) in [6.45, 7) is 8.79. The second-order valence-electron chi connectivity index (χ2n) is 12.0. The number of nitrogens with zero attached hydrogens (tertiary/aromatic N) is 3. The molecule has 3 aliphatic heterocycles. The molecule has 3 amide bonds. The van der Waals surface area contributed by atoms with Crippen LogP contribution in [0, 0.1) is 11.3 Å². The molecule has 1 aliphatic carbocycles. The minimum atomic E-state index is -0.610. The van der Waals surface area contributed by atoms with Gasteiger partial charge in [0.25, 0.3) is 0 Å². The van der Waals surface area contributed by atoms with E-state index in [1.54, 1.807) is 6.92 Å². The van der Waals surface area contributed by atoms with Gasteiger partial charge in [0.05, 0.1) is 6.61 Å². The number of carbonyl (C=O) groups excluding carboxylic acids is 3. The van der Waals surface area contributed by atoms with Crippen LogP contribution in [-0.4, -0.2) is 90.2 Å². The summed E-state index contributed by atoms with van der Waals surface area (Å²) < 4.78 is 10.5. The van der Waals surface area contributed by atoms with Crippen molar-refractivity contribution in [2.24, 2.45) is 11.3 Å². The molecule has 0 unspecified atom stereocenters. The third-order valence-corrected chi connectivity index (χ3v) is 9.44. The van der Waals surface area contributed by atoms with Crippen molar-refractivity contribution in [3.05, 3.63) is 35.9 Å². The predicted octanol–water partition coefficient (Wildman–Crippen LogP) is 4.02. The lowest BCUT2D eigenvalue weighted by Crippen LogP contribution is -2.56. The van der Waals surface area contributed by atoms with Crippen molar-refractivity contribution >= 4 is 18.1 Å². The largest absolute Gasteiger partial charge is 0.450 e. The van der Waals surface area contributed by atoms with E-state index in [9.17, 15) is 14.4 Å². The Bertz CT molecular complexity index is 1010. The Morgan fingerprint density at radius 1 is 1.03 bits per heavy atom. The molecule has 3 heterocycles. The van der Waals surface area contributed by atoms with Gasteiger partial charge in [-0.05, 0) is 88.8 Å². The van der Waals surface area contributed by atoms with E-state index < -0.39 is 12.1 Å². The summed E-state index contributed by atoms with van der Waals surface area (Å²) in [6.07, 6.45) is 6.97. The zero-order valence-electron chi connectivity index (χ0n) is 23.5. The predicted molar refractivity (Wildman–Crippen MR) is 147 cm³/mol. The minimum Gasteiger partial charge on any atom is -0.450 e. The van der Waals surface area contributed by atoms with Crippen LogP contribution >= 0.6 is 0 Å². The number of amides is 3. The van der Waals surface area contributed by atoms with E-state index in [1.165, 1.54) is 12.8 Å². The number of hydrogen-bond acceptors (Lipinski definition) is 6. The monoisotopic (exact) mass is 540 g/mol. The highest BCUT2D eigenvalue weighted by Gasteiger charge is 2.52. The first-order chi connectivity index (χ1) is 18.9. The van der Waals surface area contributed by atoms with Crippen molar-refractivity contribution in [3.8, 4) is 0 Å². The first-order valence-electron chi connectivity index (χ1n) is 14.8. The summed E-state index contributed by atoms with van der Waals surface area (Å²) in [5.41, 5.74) is 1.20. The van der Waals surface area contributed by atoms with E-state index in [-0.39, 0.29) is 30.1 Å². The van der Waals surface area contributed by atoms with Crippen molar-refractivity contribution in [2.45, 2.75) is 83.5 Å². The molecule has 5 rings (SSSR count). The average molecular weight is 541 g/mol. The zero-order valence-corrected chi connectivity index (χ0v) is 23.5. The molecule has 1 spiro atoms. The molecular formula is C30H44N4O5. The summed E-state index contributed by atoms with van der Waals surface area (Å²) in [6, 6.07) is 9.78. The molecule has 1 aromatic carbocycles. The van der Waals surface area contributed by atoms with Gasteiger partial charge >= 0.3 is 12.2 Å². The molecular weight excluding hydrogens is 496 g/mol. The topological polar surface area (TPSA) is 91.4 Å². The fourth-order valence-electron chi connectivity index (χ4n) is 7.31. The SMILES string of the molecule is CCOC(=O)N1CCC2(CC(N3CCC([C@@H]4CCCN4C(=O)[C@H](C)NC(=O)OCc4ccccc4)CC3)C2)C1. The second kappa shape index (κ2) is 12.1. The summed E-state index contributed by atoms with van der Waals surface area (Å²) in [7, 11) is 0. The van der Waals surface area contributed by atoms with E-state index in [0.717, 1.165) is 70.4 Å². The number of hydrogen-bond donors (Lipinski definition) is 1. The van der Waals surface area contributed by atoms with Crippen LogP contribution in [0.3, 0.4) is 0 Å². The van der Waals surface area contributed by atoms with Crippen molar-refractivity contribution in [3.63, 3.8) is 0 Å². The Kier molecular flexibility index (Phi) is 8.64. The number of nitrogens with one attached hydrogen (secondary N) is 1. The molecule has 4 aliphatic rings. The molecule has 0 radical (unpaired) electrons. The van der Waals surface area contributed by atoms with Crippen LogP contribution in [0.25, 0.3) is 0 Å². The van der Waals surface area contributed by atoms with Crippen LogP contribution in [-0.2, 0) is 20.9 Å². The van der Waals surface area contributed by atoms with Gasteiger partial charge in [-0.15, -0.1) is 0 Å². The van der Waals surface area contributed by atoms with Gasteiger partial charge in [-0.3, -0.25) is 4.79 Å². The van der Waals surface area contributed by atoms with Gasteiger partial charge in [0.15, 0.2) is 0 Å². The Labute approximate surface area is 232 Å². The molecule has 3 saturated heterocycles. The van der Waals surface area contributed by atoms with E-state index >= 15 is 0 Å². The highest BCUT2D eigenvalue weighted by molar-refractivity contribution is 5.85. The summed E-state index contributed by atoms with van der Waals surface area (Å²) in [5, 5.41) is 2.74. The maximum Gasteiger partial charge on any atom is 0.409 e. The smallest absolute Gasteiger partial charge is 0.409 e. The molecule has 1 N–H and O–H groups in total. The fraction of sp³-hybridized carbons (Fsp3) is 0.700. The molecule has 0 aromatic heterocycles. The normalized spacial score (nSPS) is 28.3. The quantitative estimate of drug-likeness (QED) is 0.562. The van der Waals surface area contributed by atoms with Crippen LogP contribution in [0.5, 0.6) is 0 Å². The number of rotatable bonds is 7. The molecule has 9 nitrogen and oxygen atoms in total. The minimum absolute atomic E-state index is 0.00934. The van der Waals surface area contributed by atoms with Crippen LogP contribution in [0.1, 0.15) is 64.4 Å². The van der Waals surface area contributed by atoms with Gasteiger partial charge in [0.1, 0.15) is 12.6 Å². The van der Waals surface area contributed by atoms with Crippen molar-refractivity contribution in [1.29, 1.82) is 0 Å². The average Bonchev–Trinajstić information content (AvgIpc) is 3.60. The first kappa shape index (κ1) is 27.7. The zero-order chi connectivity index (χ0) is 27.4. The Morgan fingerprint density at radius 2 is 1.77 bits per heavy atom. The van der Waals surface area contributed by atoms with Crippen molar-refractivity contribution in [1.82, 2.24) is 20.0 Å². The Balaban J connectivity index is 1.05. The van der Waals surface area contributed by atoms with E-state index in [1.807, 2.05) is 47.1 Å². The molecule has 4 fully saturated rings. The molecule has 214 valence electrons. The van der Waals surface area contributed by atoms with Gasteiger partial charge in [-0.2, -0.15) is 0 Å². The highest BCUT2D eigenvalue weighted by Crippen LogP contribution is 2.51. The van der Waals surface area contributed by atoms with E-state index in [2.05, 4.69) is 10.2 Å². The standard InChI is InChI=1S/C30H44N4O5/c1-3-38-29(37)33-17-13-30(21-33)18-25(19-30)32-15-11-24(12-16-32)26-10-7-14-34(26)27(35)22(2)31-28(36)39-20-23-8-5-4-6-9-23/h4-6,8-9,22,24-26H,3,7,10-21H2,1-2H3,(H,31,36)/t22-,25?,26-,30?/m0/s1. The molecule has 9 heteroatoms. The number of benzene rings is 1. The van der Waals surface area contributed by atoms with Gasteiger partial charge < -0.3 is 29.5 Å². The third kappa shape index (κ3) is 6.34. The Hall–Kier alpha value is -2.81. The fourth-order valence-corrected chi connectivity index (χ4v) is 7.31. The van der Waals surface area contributed by atoms with Crippen molar-refractivity contribution < 1.29 is 23.9 Å². The number of piperidine rings is 1. The van der Waals surface area contributed by atoms with E-state index in [0.29, 0.717) is 18.6 Å². The number of alkyl carbamates (subject to hydrolysis) is 1. The lowest BCUT2D eigenvalue weighted by Gasteiger charge is -2.52. The Morgan fingerprint density at radius 3 is 2.49 bits per heavy atom. The number of carbonyl (C=O) groups is 3. The molecule has 1 saturated carbocycles. The van der Waals surface area contributed by atoms with Crippen LogP contribution in [0.15, 0.2) is 30.3 Å². The maximum atomic E-state index is 13.3. The lowest BCUT2D eigenvalue weighted by atomic mass is 9.64. The lowest BCUT2D eigenvalue weighted by molar-refractivity contribution is -0.135. The van der Waals surface area contributed by atoms with Crippen LogP contribution < -0.4 is 5.32 Å². The van der Waals surface area contributed by atoms with Crippen LogP contribution in [0.4, 0.5) is 9.59 Å². The third-order valence-electron chi connectivity index (χ3n) is 9.44. The van der Waals surface area contributed by atoms with Crippen LogP contribution in [0.2, 0.25) is 0 Å². The molecule has 1 aromatic rings. The molecule has 39 heavy (non-hydrogen) atoms. The first-order valence-corrected chi connectivity index (χ1v) is 14.8. The second-order valence-corrected chi connectivity index (χ2v) is 12.0. The number of likely N-dealkylation sites (tertiary alicyclic amines) is 3. The van der Waals surface area contributed by atoms with Gasteiger partial charge in [-0.25, -0.2) is 9.59 Å². The molecule has 2 atom stereocenters. The van der Waals surface area contributed by atoms with Gasteiger partial charge in [0, 0.05) is 31.7 Å². The maximum absolute atomic E-state index is 13.3. The van der Waals surface area contributed by atoms with Gasteiger partial charge in [-0.1, -0.05) is 30.3 Å². The highest BCUT2D eigenvalue weighted by atomic mass is 16.6.